The topological polar surface area (TPSA) is 24.1 Å². The lowest BCUT2D eigenvalue weighted by molar-refractivity contribution is 0.795. The molecular weight excluding hydrogens is 332 g/mol. The summed E-state index contributed by atoms with van der Waals surface area (Å²) in [6, 6.07) is 17.2. The van der Waals surface area contributed by atoms with Gasteiger partial charge in [-0.1, -0.05) is 43.2 Å². The van der Waals surface area contributed by atoms with E-state index in [0.29, 0.717) is 5.11 Å². The van der Waals surface area contributed by atoms with Crippen molar-refractivity contribution in [1.29, 1.82) is 0 Å². The van der Waals surface area contributed by atoms with Crippen LogP contribution in [-0.4, -0.2) is 17.4 Å². The summed E-state index contributed by atoms with van der Waals surface area (Å²) in [6.45, 7) is 5.17. The summed E-state index contributed by atoms with van der Waals surface area (Å²) in [6.07, 6.45) is 3.62. The highest BCUT2D eigenvalue weighted by Gasteiger charge is 1.99. The molecule has 0 fully saturated rings. The highest BCUT2D eigenvalue weighted by atomic mass is 32.2. The number of aryl methyl sites for hydroxylation is 2. The van der Waals surface area contributed by atoms with E-state index in [-0.39, 0.29) is 0 Å². The Morgan fingerprint density at radius 3 is 2.42 bits per heavy atom. The van der Waals surface area contributed by atoms with Crippen LogP contribution in [0.4, 0.5) is 5.69 Å². The van der Waals surface area contributed by atoms with Crippen LogP contribution in [0.3, 0.4) is 0 Å². The Morgan fingerprint density at radius 2 is 1.75 bits per heavy atom. The number of hydrogen-bond donors (Lipinski definition) is 2. The molecule has 0 aliphatic rings. The lowest BCUT2D eigenvalue weighted by Gasteiger charge is -2.11. The minimum atomic E-state index is 0.681. The zero-order valence-electron chi connectivity index (χ0n) is 14.5. The van der Waals surface area contributed by atoms with Gasteiger partial charge in [0.2, 0.25) is 0 Å². The van der Waals surface area contributed by atoms with Gasteiger partial charge < -0.3 is 10.6 Å². The first-order chi connectivity index (χ1) is 11.7. The maximum atomic E-state index is 5.35. The van der Waals surface area contributed by atoms with Gasteiger partial charge >= 0.3 is 0 Å². The van der Waals surface area contributed by atoms with Gasteiger partial charge in [0.25, 0.3) is 0 Å². The molecule has 0 heterocycles. The van der Waals surface area contributed by atoms with Gasteiger partial charge in [0.1, 0.15) is 0 Å². The third kappa shape index (κ3) is 6.93. The average molecular weight is 359 g/mol. The molecule has 2 aromatic carbocycles. The molecule has 0 radical (unpaired) electrons. The van der Waals surface area contributed by atoms with E-state index in [1.165, 1.54) is 28.9 Å². The molecule has 0 saturated carbocycles. The molecule has 0 atom stereocenters. The molecule has 0 aliphatic carbocycles. The molecule has 0 saturated heterocycles. The van der Waals surface area contributed by atoms with Gasteiger partial charge in [0.05, 0.1) is 0 Å². The van der Waals surface area contributed by atoms with Gasteiger partial charge in [-0.05, 0) is 61.8 Å². The normalized spacial score (nSPS) is 10.4. The van der Waals surface area contributed by atoms with Crippen LogP contribution in [0.1, 0.15) is 30.9 Å². The molecule has 2 aromatic rings. The fourth-order valence-electron chi connectivity index (χ4n) is 2.28. The quantitative estimate of drug-likeness (QED) is 0.374. The number of thioether (sulfide) groups is 1. The number of benzene rings is 2. The molecule has 2 N–H and O–H groups in total. The monoisotopic (exact) mass is 358 g/mol. The highest BCUT2D eigenvalue weighted by molar-refractivity contribution is 7.99. The third-order valence-electron chi connectivity index (χ3n) is 3.71. The van der Waals surface area contributed by atoms with E-state index < -0.39 is 0 Å². The van der Waals surface area contributed by atoms with Gasteiger partial charge in [0.15, 0.2) is 5.11 Å². The number of thiocarbonyl (C=S) groups is 1. The number of anilines is 1. The van der Waals surface area contributed by atoms with E-state index in [1.54, 1.807) is 0 Å². The summed E-state index contributed by atoms with van der Waals surface area (Å²) in [5.74, 6) is 0.987. The van der Waals surface area contributed by atoms with Gasteiger partial charge in [-0.3, -0.25) is 0 Å². The van der Waals surface area contributed by atoms with Gasteiger partial charge in [0, 0.05) is 22.9 Å². The van der Waals surface area contributed by atoms with E-state index in [4.69, 9.17) is 12.2 Å². The molecule has 0 unspecified atom stereocenters. The molecule has 2 nitrogen and oxygen atoms in total. The van der Waals surface area contributed by atoms with Crippen LogP contribution in [0.5, 0.6) is 0 Å². The summed E-state index contributed by atoms with van der Waals surface area (Å²) in [4.78, 5) is 1.30. The fourth-order valence-corrected chi connectivity index (χ4v) is 3.27. The Kier molecular flexibility index (Phi) is 8.13. The zero-order chi connectivity index (χ0) is 17.2. The maximum Gasteiger partial charge on any atom is 0.170 e. The molecule has 0 aromatic heterocycles. The largest absolute Gasteiger partial charge is 0.362 e. The summed E-state index contributed by atoms with van der Waals surface area (Å²) in [7, 11) is 0. The molecular formula is C20H26N2S2. The Labute approximate surface area is 155 Å². The van der Waals surface area contributed by atoms with E-state index >= 15 is 0 Å². The van der Waals surface area contributed by atoms with Crippen molar-refractivity contribution in [3.63, 3.8) is 0 Å². The smallest absolute Gasteiger partial charge is 0.170 e. The number of rotatable bonds is 8. The Balaban J connectivity index is 1.66. The number of unbranched alkanes of at least 4 members (excludes halogenated alkanes) is 1. The number of hydrogen-bond acceptors (Lipinski definition) is 2. The van der Waals surface area contributed by atoms with E-state index in [0.717, 1.165) is 24.4 Å². The molecule has 0 spiro atoms. The summed E-state index contributed by atoms with van der Waals surface area (Å²) >= 11 is 7.19. The van der Waals surface area contributed by atoms with Crippen LogP contribution in [-0.2, 0) is 6.42 Å². The Hall–Kier alpha value is -1.52. The second-order valence-electron chi connectivity index (χ2n) is 5.84. The molecule has 4 heteroatoms. The van der Waals surface area contributed by atoms with Gasteiger partial charge in [-0.15, -0.1) is 11.8 Å². The lowest BCUT2D eigenvalue weighted by Crippen LogP contribution is -2.30. The predicted molar refractivity (Wildman–Crippen MR) is 111 cm³/mol. The van der Waals surface area contributed by atoms with E-state index in [9.17, 15) is 0 Å². The minimum absolute atomic E-state index is 0.681. The van der Waals surface area contributed by atoms with Crippen molar-refractivity contribution in [3.8, 4) is 0 Å². The first kappa shape index (κ1) is 18.8. The first-order valence-corrected chi connectivity index (χ1v) is 9.90. The maximum absolute atomic E-state index is 5.35. The van der Waals surface area contributed by atoms with Crippen LogP contribution in [0, 0.1) is 6.92 Å². The predicted octanol–water partition coefficient (Wildman–Crippen LogP) is 5.42. The van der Waals surface area contributed by atoms with Crippen molar-refractivity contribution < 1.29 is 0 Å². The van der Waals surface area contributed by atoms with E-state index in [1.807, 2.05) is 11.8 Å². The van der Waals surface area contributed by atoms with Gasteiger partial charge in [-0.2, -0.15) is 0 Å². The van der Waals surface area contributed by atoms with Crippen LogP contribution < -0.4 is 10.6 Å². The van der Waals surface area contributed by atoms with Gasteiger partial charge in [-0.25, -0.2) is 0 Å². The second-order valence-corrected chi connectivity index (χ2v) is 7.42. The van der Waals surface area contributed by atoms with Crippen LogP contribution in [0.25, 0.3) is 0 Å². The zero-order valence-corrected chi connectivity index (χ0v) is 16.1. The van der Waals surface area contributed by atoms with Crippen molar-refractivity contribution in [2.24, 2.45) is 0 Å². The fraction of sp³-hybridized carbons (Fsp3) is 0.350. The molecule has 0 aliphatic heterocycles. The van der Waals surface area contributed by atoms with E-state index in [2.05, 4.69) is 73.0 Å². The standard InChI is InChI=1S/C20H26N2S2/c1-3-4-5-17-8-10-18(11-9-17)22-20(23)21-14-15-24-19-12-6-16(2)7-13-19/h6-13H,3-5,14-15H2,1-2H3,(H2,21,22,23). The molecule has 128 valence electrons. The molecule has 2 rings (SSSR count). The van der Waals surface area contributed by atoms with Crippen LogP contribution in [0.15, 0.2) is 53.4 Å². The average Bonchev–Trinajstić information content (AvgIpc) is 2.60. The Morgan fingerprint density at radius 1 is 1.04 bits per heavy atom. The highest BCUT2D eigenvalue weighted by Crippen LogP contribution is 2.17. The second kappa shape index (κ2) is 10.4. The van der Waals surface area contributed by atoms with Crippen molar-refractivity contribution in [3.05, 3.63) is 59.7 Å². The first-order valence-electron chi connectivity index (χ1n) is 8.50. The lowest BCUT2D eigenvalue weighted by atomic mass is 10.1. The van der Waals surface area contributed by atoms with Crippen molar-refractivity contribution in [2.75, 3.05) is 17.6 Å². The van der Waals surface area contributed by atoms with Crippen molar-refractivity contribution >= 4 is 34.8 Å². The SMILES string of the molecule is CCCCc1ccc(NC(=S)NCCSc2ccc(C)cc2)cc1. The number of nitrogens with one attached hydrogen (secondary N) is 2. The summed E-state index contributed by atoms with van der Waals surface area (Å²) in [5, 5.41) is 7.18. The van der Waals surface area contributed by atoms with Crippen LogP contribution in [0.2, 0.25) is 0 Å². The minimum Gasteiger partial charge on any atom is -0.362 e. The molecule has 0 bridgehead atoms. The summed E-state index contributed by atoms with van der Waals surface area (Å²) < 4.78 is 0. The molecule has 0 amide bonds. The van der Waals surface area contributed by atoms with Crippen molar-refractivity contribution in [2.45, 2.75) is 38.0 Å². The van der Waals surface area contributed by atoms with Crippen molar-refractivity contribution in [1.82, 2.24) is 5.32 Å². The van der Waals surface area contributed by atoms with Crippen LogP contribution >= 0.6 is 24.0 Å². The third-order valence-corrected chi connectivity index (χ3v) is 4.97. The summed E-state index contributed by atoms with van der Waals surface area (Å²) in [5.41, 5.74) is 3.72. The molecule has 24 heavy (non-hydrogen) atoms. The Bertz CT molecular complexity index is 621.